The summed E-state index contributed by atoms with van der Waals surface area (Å²) in [7, 11) is 0. The number of carbonyl (C=O) groups is 1. The summed E-state index contributed by atoms with van der Waals surface area (Å²) in [6.07, 6.45) is -1.22. The minimum Gasteiger partial charge on any atom is -0.502 e. The lowest BCUT2D eigenvalue weighted by molar-refractivity contribution is -0.385. The van der Waals surface area contributed by atoms with Crippen molar-refractivity contribution < 1.29 is 19.9 Å². The molecule has 0 fully saturated rings. The number of anilines is 1. The van der Waals surface area contributed by atoms with Crippen molar-refractivity contribution in [2.24, 2.45) is 0 Å². The second kappa shape index (κ2) is 5.27. The van der Waals surface area contributed by atoms with Gasteiger partial charge < -0.3 is 10.2 Å². The minimum atomic E-state index is -1.22. The summed E-state index contributed by atoms with van der Waals surface area (Å²) in [6, 6.07) is 10.4. The molecule has 0 atom stereocenters. The Labute approximate surface area is 113 Å². The van der Waals surface area contributed by atoms with E-state index in [1.807, 2.05) is 0 Å². The Bertz CT molecular complexity index is 684. The monoisotopic (exact) mass is 274 g/mol. The number of aromatic hydroxyl groups is 1. The molecule has 0 saturated heterocycles. The average molecular weight is 274 g/mol. The lowest BCUT2D eigenvalue weighted by Crippen LogP contribution is -2.06. The molecule has 102 valence electrons. The number of phenolic OH excluding ortho intramolecular Hbond substituents is 1. The largest absolute Gasteiger partial charge is 0.502 e. The topological polar surface area (TPSA) is 113 Å². The van der Waals surface area contributed by atoms with Crippen LogP contribution in [0.5, 0.6) is 5.75 Å². The van der Waals surface area contributed by atoms with Gasteiger partial charge in [0.15, 0.2) is 0 Å². The van der Waals surface area contributed by atoms with Crippen LogP contribution in [-0.4, -0.2) is 21.2 Å². The van der Waals surface area contributed by atoms with E-state index >= 15 is 0 Å². The van der Waals surface area contributed by atoms with E-state index in [1.165, 1.54) is 30.3 Å². The van der Waals surface area contributed by atoms with Crippen molar-refractivity contribution in [1.82, 2.24) is 0 Å². The molecule has 0 aliphatic carbocycles. The van der Waals surface area contributed by atoms with Crippen LogP contribution < -0.4 is 5.32 Å². The molecular weight excluding hydrogens is 264 g/mol. The highest BCUT2D eigenvalue weighted by molar-refractivity contribution is 5.85. The van der Waals surface area contributed by atoms with Gasteiger partial charge in [-0.1, -0.05) is 24.3 Å². The first-order chi connectivity index (χ1) is 9.49. The highest BCUT2D eigenvalue weighted by atomic mass is 16.6. The second-order valence-corrected chi connectivity index (χ2v) is 3.94. The zero-order valence-electron chi connectivity index (χ0n) is 10.1. The van der Waals surface area contributed by atoms with E-state index < -0.39 is 22.5 Å². The first-order valence-electron chi connectivity index (χ1n) is 5.56. The van der Waals surface area contributed by atoms with Gasteiger partial charge in [-0.05, 0) is 17.7 Å². The third kappa shape index (κ3) is 2.66. The maximum absolute atomic E-state index is 10.8. The van der Waals surface area contributed by atoms with Gasteiger partial charge in [0.05, 0.1) is 4.92 Å². The minimum absolute atomic E-state index is 0.258. The summed E-state index contributed by atoms with van der Waals surface area (Å²) in [6.45, 7) is 0. The number of hydrogen-bond acceptors (Lipinski definition) is 4. The fraction of sp³-hybridized carbons (Fsp3) is 0. The highest BCUT2D eigenvalue weighted by Crippen LogP contribution is 2.37. The normalized spacial score (nSPS) is 10.0. The van der Waals surface area contributed by atoms with Gasteiger partial charge in [-0.2, -0.15) is 0 Å². The third-order valence-corrected chi connectivity index (χ3v) is 2.64. The number of hydrogen-bond donors (Lipinski definition) is 3. The van der Waals surface area contributed by atoms with Crippen molar-refractivity contribution in [3.63, 3.8) is 0 Å². The molecule has 0 bridgehead atoms. The van der Waals surface area contributed by atoms with Crippen LogP contribution in [0, 0.1) is 10.1 Å². The summed E-state index contributed by atoms with van der Waals surface area (Å²) in [4.78, 5) is 20.7. The molecule has 0 aliphatic rings. The highest BCUT2D eigenvalue weighted by Gasteiger charge is 2.17. The van der Waals surface area contributed by atoms with Crippen LogP contribution in [0.4, 0.5) is 16.2 Å². The third-order valence-electron chi connectivity index (χ3n) is 2.64. The number of amides is 1. The molecule has 1 amide bonds. The number of nitro groups is 1. The molecule has 3 N–H and O–H groups in total. The molecule has 2 aromatic carbocycles. The Morgan fingerprint density at radius 2 is 1.90 bits per heavy atom. The standard InChI is InChI=1S/C13H10N2O5/c16-12-10(5-2-6-11(12)15(19)20)8-3-1-4-9(7-8)14-13(17)18/h1-7,14,16H,(H,17,18). The van der Waals surface area contributed by atoms with Crippen LogP contribution >= 0.6 is 0 Å². The number of para-hydroxylation sites is 1. The van der Waals surface area contributed by atoms with E-state index in [-0.39, 0.29) is 5.56 Å². The fourth-order valence-electron chi connectivity index (χ4n) is 1.80. The van der Waals surface area contributed by atoms with Gasteiger partial charge in [0.2, 0.25) is 5.75 Å². The van der Waals surface area contributed by atoms with E-state index in [9.17, 15) is 20.0 Å². The smallest absolute Gasteiger partial charge is 0.409 e. The predicted octanol–water partition coefficient (Wildman–Crippen LogP) is 3.06. The molecule has 7 nitrogen and oxygen atoms in total. The van der Waals surface area contributed by atoms with Gasteiger partial charge in [0, 0.05) is 17.3 Å². The zero-order chi connectivity index (χ0) is 14.7. The summed E-state index contributed by atoms with van der Waals surface area (Å²) >= 11 is 0. The average Bonchev–Trinajstić information content (AvgIpc) is 2.38. The van der Waals surface area contributed by atoms with Gasteiger partial charge in [0.1, 0.15) is 0 Å². The maximum atomic E-state index is 10.8. The molecule has 0 spiro atoms. The second-order valence-electron chi connectivity index (χ2n) is 3.94. The van der Waals surface area contributed by atoms with Crippen molar-refractivity contribution in [2.45, 2.75) is 0 Å². The molecule has 0 unspecified atom stereocenters. The van der Waals surface area contributed by atoms with Crippen LogP contribution in [-0.2, 0) is 0 Å². The van der Waals surface area contributed by atoms with Crippen LogP contribution in [0.2, 0.25) is 0 Å². The Balaban J connectivity index is 2.49. The molecule has 0 heterocycles. The fourth-order valence-corrected chi connectivity index (χ4v) is 1.80. The summed E-state index contributed by atoms with van der Waals surface area (Å²) in [5, 5.41) is 31.5. The van der Waals surface area contributed by atoms with Crippen molar-refractivity contribution in [2.75, 3.05) is 5.32 Å². The zero-order valence-corrected chi connectivity index (χ0v) is 10.1. The van der Waals surface area contributed by atoms with Crippen molar-refractivity contribution in [3.8, 4) is 16.9 Å². The first kappa shape index (κ1) is 13.3. The quantitative estimate of drug-likeness (QED) is 0.588. The lowest BCUT2D eigenvalue weighted by atomic mass is 10.0. The van der Waals surface area contributed by atoms with Crippen LogP contribution in [0.15, 0.2) is 42.5 Å². The number of nitro benzene ring substituents is 1. The Morgan fingerprint density at radius 3 is 2.55 bits per heavy atom. The van der Waals surface area contributed by atoms with Crippen molar-refractivity contribution >= 4 is 17.5 Å². The molecule has 0 aliphatic heterocycles. The SMILES string of the molecule is O=C(O)Nc1cccc(-c2cccc([N+](=O)[O-])c2O)c1. The van der Waals surface area contributed by atoms with Crippen LogP contribution in [0.25, 0.3) is 11.1 Å². The molecule has 7 heteroatoms. The van der Waals surface area contributed by atoms with Gasteiger partial charge in [0.25, 0.3) is 0 Å². The number of benzene rings is 2. The molecule has 0 aromatic heterocycles. The van der Waals surface area contributed by atoms with E-state index in [2.05, 4.69) is 5.32 Å². The number of nitrogens with zero attached hydrogens (tertiary/aromatic N) is 1. The van der Waals surface area contributed by atoms with E-state index in [0.29, 0.717) is 11.3 Å². The Hall–Kier alpha value is -3.09. The summed E-state index contributed by atoms with van der Waals surface area (Å²) < 4.78 is 0. The lowest BCUT2D eigenvalue weighted by Gasteiger charge is -2.07. The first-order valence-corrected chi connectivity index (χ1v) is 5.56. The van der Waals surface area contributed by atoms with Gasteiger partial charge in [-0.3, -0.25) is 15.4 Å². The molecule has 2 aromatic rings. The number of carboxylic acid groups (broad SMARTS) is 1. The molecule has 2 rings (SSSR count). The van der Waals surface area contributed by atoms with Gasteiger partial charge in [-0.15, -0.1) is 0 Å². The molecule has 20 heavy (non-hydrogen) atoms. The maximum Gasteiger partial charge on any atom is 0.409 e. The van der Waals surface area contributed by atoms with E-state index in [4.69, 9.17) is 5.11 Å². The van der Waals surface area contributed by atoms with Crippen molar-refractivity contribution in [3.05, 3.63) is 52.6 Å². The van der Waals surface area contributed by atoms with E-state index in [1.54, 1.807) is 12.1 Å². The van der Waals surface area contributed by atoms with Gasteiger partial charge in [-0.25, -0.2) is 4.79 Å². The van der Waals surface area contributed by atoms with Gasteiger partial charge >= 0.3 is 11.8 Å². The van der Waals surface area contributed by atoms with Crippen LogP contribution in [0.1, 0.15) is 0 Å². The Morgan fingerprint density at radius 1 is 1.20 bits per heavy atom. The number of rotatable bonds is 3. The number of phenols is 1. The predicted molar refractivity (Wildman–Crippen MR) is 71.8 cm³/mol. The van der Waals surface area contributed by atoms with Crippen LogP contribution in [0.3, 0.4) is 0 Å². The number of nitrogens with one attached hydrogen (secondary N) is 1. The molecular formula is C13H10N2O5. The summed E-state index contributed by atoms with van der Waals surface area (Å²) in [5.74, 6) is -0.454. The van der Waals surface area contributed by atoms with Crippen molar-refractivity contribution in [1.29, 1.82) is 0 Å². The molecule has 0 saturated carbocycles. The van der Waals surface area contributed by atoms with E-state index in [0.717, 1.165) is 0 Å². The Kier molecular flexibility index (Phi) is 3.52. The molecule has 0 radical (unpaired) electrons. The summed E-state index contributed by atoms with van der Waals surface area (Å²) in [5.41, 5.74) is 0.630.